The first-order valence-electron chi connectivity index (χ1n) is 10.6. The van der Waals surface area contributed by atoms with Crippen LogP contribution in [-0.4, -0.2) is 49.9 Å². The number of morpholine rings is 1. The zero-order valence-corrected chi connectivity index (χ0v) is 18.1. The third-order valence-corrected chi connectivity index (χ3v) is 6.52. The average Bonchev–Trinajstić information content (AvgIpc) is 2.78. The number of hydrogen-bond donors (Lipinski definition) is 1. The van der Waals surface area contributed by atoms with Crippen molar-refractivity contribution < 1.29 is 14.3 Å². The number of hydrogen-bond acceptors (Lipinski definition) is 3. The normalized spacial score (nSPS) is 23.7. The molecule has 2 aliphatic heterocycles. The van der Waals surface area contributed by atoms with Crippen molar-refractivity contribution in [3.63, 3.8) is 0 Å². The predicted octanol–water partition coefficient (Wildman–Crippen LogP) is 4.56. The molecule has 2 fully saturated rings. The van der Waals surface area contributed by atoms with Crippen LogP contribution in [0.2, 0.25) is 5.02 Å². The van der Waals surface area contributed by atoms with Crippen molar-refractivity contribution in [3.8, 4) is 0 Å². The lowest BCUT2D eigenvalue weighted by atomic mass is 9.74. The number of rotatable bonds is 4. The quantitative estimate of drug-likeness (QED) is 0.776. The molecule has 2 saturated heterocycles. The van der Waals surface area contributed by atoms with Crippen molar-refractivity contribution in [2.24, 2.45) is 0 Å². The van der Waals surface area contributed by atoms with Crippen LogP contribution < -0.4 is 5.32 Å². The zero-order chi connectivity index (χ0) is 21.0. The summed E-state index contributed by atoms with van der Waals surface area (Å²) in [6, 6.07) is 18.0. The number of benzene rings is 2. The van der Waals surface area contributed by atoms with Crippen molar-refractivity contribution in [1.82, 2.24) is 10.2 Å². The van der Waals surface area contributed by atoms with Crippen molar-refractivity contribution >= 4 is 17.6 Å². The van der Waals surface area contributed by atoms with E-state index in [4.69, 9.17) is 21.1 Å². The zero-order valence-electron chi connectivity index (χ0n) is 17.4. The lowest BCUT2D eigenvalue weighted by Gasteiger charge is -2.40. The highest BCUT2D eigenvalue weighted by Crippen LogP contribution is 2.38. The van der Waals surface area contributed by atoms with E-state index in [2.05, 4.69) is 11.4 Å². The molecular weight excluding hydrogens is 400 g/mol. The summed E-state index contributed by atoms with van der Waals surface area (Å²) in [5.74, 6) is 0. The Labute approximate surface area is 183 Å². The van der Waals surface area contributed by atoms with Crippen LogP contribution in [-0.2, 0) is 14.9 Å². The second-order valence-corrected chi connectivity index (χ2v) is 8.69. The first-order chi connectivity index (χ1) is 14.6. The van der Waals surface area contributed by atoms with Crippen molar-refractivity contribution in [2.45, 2.75) is 37.4 Å². The van der Waals surface area contributed by atoms with Crippen molar-refractivity contribution in [3.05, 3.63) is 70.7 Å². The molecule has 6 heteroatoms. The fourth-order valence-corrected chi connectivity index (χ4v) is 4.86. The van der Waals surface area contributed by atoms with Crippen LogP contribution in [0.25, 0.3) is 0 Å². The summed E-state index contributed by atoms with van der Waals surface area (Å²) >= 11 is 6.54. The molecule has 2 aromatic rings. The Balaban J connectivity index is 1.46. The van der Waals surface area contributed by atoms with Crippen LogP contribution in [0.3, 0.4) is 0 Å². The minimum Gasteiger partial charge on any atom is -0.381 e. The van der Waals surface area contributed by atoms with Gasteiger partial charge in [-0.15, -0.1) is 0 Å². The third kappa shape index (κ3) is 4.64. The Hall–Kier alpha value is -2.08. The van der Waals surface area contributed by atoms with E-state index in [1.165, 1.54) is 0 Å². The number of nitrogens with one attached hydrogen (secondary N) is 1. The average molecular weight is 429 g/mol. The van der Waals surface area contributed by atoms with Gasteiger partial charge in [-0.1, -0.05) is 60.1 Å². The van der Waals surface area contributed by atoms with Gasteiger partial charge in [0.2, 0.25) is 0 Å². The molecular formula is C24H29ClN2O3. The van der Waals surface area contributed by atoms with E-state index < -0.39 is 0 Å². The van der Waals surface area contributed by atoms with Crippen molar-refractivity contribution in [1.29, 1.82) is 0 Å². The molecule has 160 valence electrons. The highest BCUT2D eigenvalue weighted by molar-refractivity contribution is 6.31. The summed E-state index contributed by atoms with van der Waals surface area (Å²) in [5, 5.41) is 3.95. The lowest BCUT2D eigenvalue weighted by Crippen LogP contribution is -2.53. The fourth-order valence-electron chi connectivity index (χ4n) is 4.52. The van der Waals surface area contributed by atoms with E-state index in [0.717, 1.165) is 29.0 Å². The molecule has 30 heavy (non-hydrogen) atoms. The summed E-state index contributed by atoms with van der Waals surface area (Å²) in [6.45, 7) is 5.02. The van der Waals surface area contributed by atoms with Gasteiger partial charge in [0.15, 0.2) is 0 Å². The Bertz CT molecular complexity index is 855. The van der Waals surface area contributed by atoms with Gasteiger partial charge in [-0.2, -0.15) is 0 Å². The summed E-state index contributed by atoms with van der Waals surface area (Å²) in [5.41, 5.74) is 1.98. The van der Waals surface area contributed by atoms with E-state index in [1.807, 2.05) is 60.4 Å². The molecule has 2 aliphatic rings. The number of halogens is 1. The number of nitrogens with zero attached hydrogens (tertiary/aromatic N) is 1. The van der Waals surface area contributed by atoms with Gasteiger partial charge in [0, 0.05) is 36.7 Å². The Morgan fingerprint density at radius 2 is 1.80 bits per heavy atom. The molecule has 0 saturated carbocycles. The van der Waals surface area contributed by atoms with Crippen LogP contribution in [0.5, 0.6) is 0 Å². The fraction of sp³-hybridized carbons (Fsp3) is 0.458. The third-order valence-electron chi connectivity index (χ3n) is 6.19. The van der Waals surface area contributed by atoms with Crippen LogP contribution in [0.1, 0.15) is 37.0 Å². The maximum absolute atomic E-state index is 13.1. The Kier molecular flexibility index (Phi) is 6.61. The number of ether oxygens (including phenoxy) is 2. The standard InChI is InChI=1S/C24H29ClN2O3/c1-18-15-27(16-22(30-18)19-7-3-2-4-8-19)23(28)26-17-24(11-13-29-14-12-24)20-9-5-6-10-21(20)25/h2-10,18,22H,11-17H2,1H3,(H,26,28)/t18-,22-/m1/s1. The van der Waals surface area contributed by atoms with E-state index in [9.17, 15) is 4.79 Å². The van der Waals surface area contributed by atoms with Gasteiger partial charge in [0.1, 0.15) is 6.10 Å². The molecule has 4 rings (SSSR count). The molecule has 0 aromatic heterocycles. The number of carbonyl (C=O) groups excluding carboxylic acids is 1. The summed E-state index contributed by atoms with van der Waals surface area (Å²) in [7, 11) is 0. The first-order valence-corrected chi connectivity index (χ1v) is 11.0. The second-order valence-electron chi connectivity index (χ2n) is 8.28. The molecule has 2 amide bonds. The molecule has 0 bridgehead atoms. The lowest BCUT2D eigenvalue weighted by molar-refractivity contribution is -0.0658. The Morgan fingerprint density at radius 3 is 2.53 bits per heavy atom. The molecule has 1 N–H and O–H groups in total. The first kappa shape index (κ1) is 21.2. The molecule has 0 radical (unpaired) electrons. The minimum absolute atomic E-state index is 0.0182. The van der Waals surface area contributed by atoms with Crippen LogP contribution in [0, 0.1) is 0 Å². The second kappa shape index (κ2) is 9.38. The van der Waals surface area contributed by atoms with Crippen LogP contribution in [0.15, 0.2) is 54.6 Å². The SMILES string of the molecule is C[C@@H]1CN(C(=O)NCC2(c3ccccc3Cl)CCOCC2)C[C@H](c2ccccc2)O1. The number of amides is 2. The summed E-state index contributed by atoms with van der Waals surface area (Å²) in [6.07, 6.45) is 1.54. The molecule has 0 unspecified atom stereocenters. The van der Waals surface area contributed by atoms with E-state index in [1.54, 1.807) is 0 Å². The molecule has 2 heterocycles. The molecule has 0 spiro atoms. The van der Waals surface area contributed by atoms with E-state index in [-0.39, 0.29) is 23.7 Å². The van der Waals surface area contributed by atoms with Gasteiger partial charge in [-0.05, 0) is 37.0 Å². The van der Waals surface area contributed by atoms with E-state index in [0.29, 0.717) is 32.8 Å². The highest BCUT2D eigenvalue weighted by Gasteiger charge is 2.37. The summed E-state index contributed by atoms with van der Waals surface area (Å²) in [4.78, 5) is 15.0. The monoisotopic (exact) mass is 428 g/mol. The summed E-state index contributed by atoms with van der Waals surface area (Å²) < 4.78 is 11.7. The molecule has 2 atom stereocenters. The minimum atomic E-state index is -0.205. The van der Waals surface area contributed by atoms with Gasteiger partial charge < -0.3 is 19.7 Å². The number of carbonyl (C=O) groups is 1. The Morgan fingerprint density at radius 1 is 1.10 bits per heavy atom. The van der Waals surface area contributed by atoms with Gasteiger partial charge >= 0.3 is 6.03 Å². The van der Waals surface area contributed by atoms with Gasteiger partial charge in [-0.3, -0.25) is 0 Å². The van der Waals surface area contributed by atoms with Gasteiger partial charge in [0.05, 0.1) is 12.6 Å². The molecule has 5 nitrogen and oxygen atoms in total. The smallest absolute Gasteiger partial charge is 0.317 e. The van der Waals surface area contributed by atoms with E-state index >= 15 is 0 Å². The highest BCUT2D eigenvalue weighted by atomic mass is 35.5. The molecule has 0 aliphatic carbocycles. The van der Waals surface area contributed by atoms with Crippen LogP contribution >= 0.6 is 11.6 Å². The van der Waals surface area contributed by atoms with Crippen LogP contribution in [0.4, 0.5) is 4.79 Å². The largest absolute Gasteiger partial charge is 0.381 e. The topological polar surface area (TPSA) is 50.8 Å². The maximum Gasteiger partial charge on any atom is 0.317 e. The maximum atomic E-state index is 13.1. The molecule has 2 aromatic carbocycles. The predicted molar refractivity (Wildman–Crippen MR) is 118 cm³/mol. The van der Waals surface area contributed by atoms with Gasteiger partial charge in [0.25, 0.3) is 0 Å². The van der Waals surface area contributed by atoms with Crippen molar-refractivity contribution in [2.75, 3.05) is 32.8 Å². The van der Waals surface area contributed by atoms with Gasteiger partial charge in [-0.25, -0.2) is 4.79 Å². The number of urea groups is 1.